The summed E-state index contributed by atoms with van der Waals surface area (Å²) in [4.78, 5) is 7.15. The van der Waals surface area contributed by atoms with Crippen molar-refractivity contribution in [1.29, 1.82) is 0 Å². The van der Waals surface area contributed by atoms with Gasteiger partial charge in [-0.1, -0.05) is 30.3 Å². The van der Waals surface area contributed by atoms with E-state index in [2.05, 4.69) is 14.6 Å². The number of hydrogen-bond acceptors (Lipinski definition) is 5. The lowest BCUT2D eigenvalue weighted by Crippen LogP contribution is -2.37. The number of ether oxygens (including phenoxy) is 1. The molecule has 0 saturated carbocycles. The fourth-order valence-electron chi connectivity index (χ4n) is 2.99. The summed E-state index contributed by atoms with van der Waals surface area (Å²) in [6.07, 6.45) is 0.902. The Morgan fingerprint density at radius 2 is 1.92 bits per heavy atom. The van der Waals surface area contributed by atoms with Gasteiger partial charge in [-0.2, -0.15) is 0 Å². The first-order chi connectivity index (χ1) is 11.6. The van der Waals surface area contributed by atoms with Crippen LogP contribution < -0.4 is 4.72 Å². The highest BCUT2D eigenvalue weighted by molar-refractivity contribution is 8.00. The van der Waals surface area contributed by atoms with Gasteiger partial charge in [0.05, 0.1) is 13.2 Å². The third-order valence-electron chi connectivity index (χ3n) is 4.24. The Bertz CT molecular complexity index is 736. The Morgan fingerprint density at radius 1 is 1.21 bits per heavy atom. The van der Waals surface area contributed by atoms with E-state index in [1.54, 1.807) is 19.1 Å². The standard InChI is InChI=1S/C17H23N3O3S/c1-14-16(15-6-3-2-4-7-15)24(21,22)19-17(14)18-8-5-9-20-10-12-23-13-11-20/h2-4,6-7H,5,8-13H2,1H3,(H,18,19). The minimum atomic E-state index is -3.52. The van der Waals surface area contributed by atoms with Crippen LogP contribution in [0.4, 0.5) is 0 Å². The van der Waals surface area contributed by atoms with Crippen molar-refractivity contribution in [2.24, 2.45) is 4.99 Å². The molecule has 2 aliphatic heterocycles. The van der Waals surface area contributed by atoms with Crippen molar-refractivity contribution < 1.29 is 13.2 Å². The molecule has 6 nitrogen and oxygen atoms in total. The molecule has 0 radical (unpaired) electrons. The van der Waals surface area contributed by atoms with Gasteiger partial charge in [0.15, 0.2) is 0 Å². The van der Waals surface area contributed by atoms with Gasteiger partial charge < -0.3 is 4.74 Å². The molecule has 3 rings (SSSR count). The number of sulfonamides is 1. The smallest absolute Gasteiger partial charge is 0.264 e. The van der Waals surface area contributed by atoms with Gasteiger partial charge >= 0.3 is 0 Å². The topological polar surface area (TPSA) is 71.0 Å². The monoisotopic (exact) mass is 349 g/mol. The molecule has 1 N–H and O–H groups in total. The highest BCUT2D eigenvalue weighted by atomic mass is 32.2. The van der Waals surface area contributed by atoms with Crippen LogP contribution in [0, 0.1) is 0 Å². The van der Waals surface area contributed by atoms with E-state index in [0.29, 0.717) is 28.4 Å². The SMILES string of the molecule is CC1=C(c2ccccc2)S(=O)(=O)NC1=NCCCN1CCOCC1. The molecule has 7 heteroatoms. The van der Waals surface area contributed by atoms with E-state index in [1.165, 1.54) is 0 Å². The van der Waals surface area contributed by atoms with Gasteiger partial charge in [0.2, 0.25) is 0 Å². The van der Waals surface area contributed by atoms with Gasteiger partial charge in [-0.3, -0.25) is 14.6 Å². The van der Waals surface area contributed by atoms with Gasteiger partial charge in [-0.05, 0) is 18.9 Å². The van der Waals surface area contributed by atoms with Crippen LogP contribution in [0.2, 0.25) is 0 Å². The van der Waals surface area contributed by atoms with Crippen LogP contribution in [0.1, 0.15) is 18.9 Å². The molecular weight excluding hydrogens is 326 g/mol. The Labute approximate surface area is 143 Å². The highest BCUT2D eigenvalue weighted by Gasteiger charge is 2.32. The number of hydrogen-bond donors (Lipinski definition) is 1. The average Bonchev–Trinajstić information content (AvgIpc) is 2.82. The minimum Gasteiger partial charge on any atom is -0.379 e. The summed E-state index contributed by atoms with van der Waals surface area (Å²) in [5, 5.41) is 0. The molecule has 1 fully saturated rings. The summed E-state index contributed by atoms with van der Waals surface area (Å²) in [7, 11) is -3.52. The quantitative estimate of drug-likeness (QED) is 0.817. The molecule has 0 atom stereocenters. The second-order valence-electron chi connectivity index (χ2n) is 5.96. The van der Waals surface area contributed by atoms with Gasteiger partial charge in [0.1, 0.15) is 10.7 Å². The van der Waals surface area contributed by atoms with Crippen molar-refractivity contribution >= 4 is 20.8 Å². The average molecular weight is 349 g/mol. The molecular formula is C17H23N3O3S. The van der Waals surface area contributed by atoms with Gasteiger partial charge in [0.25, 0.3) is 10.0 Å². The van der Waals surface area contributed by atoms with Crippen molar-refractivity contribution in [2.75, 3.05) is 39.4 Å². The maximum Gasteiger partial charge on any atom is 0.264 e. The Kier molecular flexibility index (Phi) is 5.33. The second kappa shape index (κ2) is 7.46. The summed E-state index contributed by atoms with van der Waals surface area (Å²) in [5.74, 6) is 0.468. The Morgan fingerprint density at radius 3 is 2.62 bits per heavy atom. The summed E-state index contributed by atoms with van der Waals surface area (Å²) in [6.45, 7) is 6.87. The van der Waals surface area contributed by atoms with Crippen LogP contribution in [-0.2, 0) is 14.8 Å². The van der Waals surface area contributed by atoms with Crippen LogP contribution in [-0.4, -0.2) is 58.5 Å². The Balaban J connectivity index is 1.67. The Hall–Kier alpha value is -1.70. The van der Waals surface area contributed by atoms with E-state index >= 15 is 0 Å². The molecule has 1 aromatic carbocycles. The van der Waals surface area contributed by atoms with Crippen LogP contribution >= 0.6 is 0 Å². The molecule has 0 amide bonds. The lowest BCUT2D eigenvalue weighted by atomic mass is 10.1. The van der Waals surface area contributed by atoms with Crippen molar-refractivity contribution in [3.8, 4) is 0 Å². The first-order valence-corrected chi connectivity index (χ1v) is 9.70. The van der Waals surface area contributed by atoms with E-state index in [9.17, 15) is 8.42 Å². The summed E-state index contributed by atoms with van der Waals surface area (Å²) >= 11 is 0. The lowest BCUT2D eigenvalue weighted by Gasteiger charge is -2.26. The maximum absolute atomic E-state index is 12.4. The third-order valence-corrected chi connectivity index (χ3v) is 5.78. The molecule has 2 heterocycles. The summed E-state index contributed by atoms with van der Waals surface area (Å²) in [6, 6.07) is 9.15. The summed E-state index contributed by atoms with van der Waals surface area (Å²) in [5.41, 5.74) is 1.38. The van der Waals surface area contributed by atoms with Crippen molar-refractivity contribution in [3.63, 3.8) is 0 Å². The first-order valence-electron chi connectivity index (χ1n) is 8.22. The number of amidine groups is 1. The molecule has 0 aliphatic carbocycles. The fraction of sp³-hybridized carbons (Fsp3) is 0.471. The van der Waals surface area contributed by atoms with E-state index in [-0.39, 0.29) is 0 Å². The van der Waals surface area contributed by atoms with E-state index in [4.69, 9.17) is 4.74 Å². The predicted octanol–water partition coefficient (Wildman–Crippen LogP) is 1.47. The summed E-state index contributed by atoms with van der Waals surface area (Å²) < 4.78 is 32.7. The molecule has 2 aliphatic rings. The maximum atomic E-state index is 12.4. The van der Waals surface area contributed by atoms with Crippen molar-refractivity contribution in [1.82, 2.24) is 9.62 Å². The molecule has 0 spiro atoms. The fourth-order valence-corrected chi connectivity index (χ4v) is 4.51. The van der Waals surface area contributed by atoms with Crippen LogP contribution in [0.25, 0.3) is 4.91 Å². The zero-order valence-corrected chi connectivity index (χ0v) is 14.7. The largest absolute Gasteiger partial charge is 0.379 e. The van der Waals surface area contributed by atoms with Crippen LogP contribution in [0.3, 0.4) is 0 Å². The zero-order chi connectivity index (χ0) is 17.0. The number of nitrogens with zero attached hydrogens (tertiary/aromatic N) is 2. The molecule has 0 aromatic heterocycles. The van der Waals surface area contributed by atoms with E-state index in [1.807, 2.05) is 18.2 Å². The van der Waals surface area contributed by atoms with Crippen molar-refractivity contribution in [2.45, 2.75) is 13.3 Å². The predicted molar refractivity (Wildman–Crippen MR) is 95.3 cm³/mol. The minimum absolute atomic E-state index is 0.329. The number of nitrogens with one attached hydrogen (secondary N) is 1. The number of benzene rings is 1. The molecule has 24 heavy (non-hydrogen) atoms. The molecule has 130 valence electrons. The van der Waals surface area contributed by atoms with Gasteiger partial charge in [0, 0.05) is 31.8 Å². The lowest BCUT2D eigenvalue weighted by molar-refractivity contribution is 0.0377. The molecule has 0 bridgehead atoms. The van der Waals surface area contributed by atoms with Crippen LogP contribution in [0.5, 0.6) is 0 Å². The zero-order valence-electron chi connectivity index (χ0n) is 13.9. The highest BCUT2D eigenvalue weighted by Crippen LogP contribution is 2.29. The number of rotatable bonds is 5. The number of morpholine rings is 1. The van der Waals surface area contributed by atoms with Crippen LogP contribution in [0.15, 0.2) is 40.9 Å². The molecule has 0 unspecified atom stereocenters. The normalized spacial score (nSPS) is 22.8. The first kappa shape index (κ1) is 17.1. The third kappa shape index (κ3) is 3.85. The second-order valence-corrected chi connectivity index (χ2v) is 7.58. The van der Waals surface area contributed by atoms with Gasteiger partial charge in [-0.15, -0.1) is 0 Å². The van der Waals surface area contributed by atoms with E-state index in [0.717, 1.165) is 39.3 Å². The van der Waals surface area contributed by atoms with E-state index < -0.39 is 10.0 Å². The molecule has 1 aromatic rings. The van der Waals surface area contributed by atoms with Crippen molar-refractivity contribution in [3.05, 3.63) is 41.5 Å². The number of aliphatic imine (C=N–C) groups is 1. The molecule has 1 saturated heterocycles. The van der Waals surface area contributed by atoms with Gasteiger partial charge in [-0.25, -0.2) is 8.42 Å².